The van der Waals surface area contributed by atoms with Crippen LogP contribution in [-0.4, -0.2) is 50.7 Å². The minimum absolute atomic E-state index is 0.00452. The lowest BCUT2D eigenvalue weighted by molar-refractivity contribution is -0.140. The number of aliphatic carboxylic acids is 1. The first-order valence-electron chi connectivity index (χ1n) is 6.40. The lowest BCUT2D eigenvalue weighted by Gasteiger charge is -2.14. The molecule has 2 amide bonds. The van der Waals surface area contributed by atoms with Crippen LogP contribution in [0.5, 0.6) is 0 Å². The number of nitrogens with one attached hydrogen (secondary N) is 2. The third kappa shape index (κ3) is 8.63. The van der Waals surface area contributed by atoms with E-state index in [1.807, 2.05) is 13.8 Å². The smallest absolute Gasteiger partial charge is 0.327 e. The molecule has 0 aliphatic carbocycles. The van der Waals surface area contributed by atoms with Crippen molar-refractivity contribution in [2.24, 2.45) is 0 Å². The highest BCUT2D eigenvalue weighted by Gasteiger charge is 2.22. The molecule has 0 bridgehead atoms. The van der Waals surface area contributed by atoms with Gasteiger partial charge in [-0.3, -0.25) is 13.8 Å². The summed E-state index contributed by atoms with van der Waals surface area (Å²) < 4.78 is 11.7. The van der Waals surface area contributed by atoms with Crippen LogP contribution in [0.3, 0.4) is 0 Å². The van der Waals surface area contributed by atoms with E-state index in [0.29, 0.717) is 0 Å². The van der Waals surface area contributed by atoms with E-state index in [1.54, 1.807) is 0 Å². The first kappa shape index (κ1) is 18.6. The average molecular weight is 306 g/mol. The number of hydrogen-bond donors (Lipinski definition) is 3. The molecule has 0 radical (unpaired) electrons. The van der Waals surface area contributed by atoms with Gasteiger partial charge in [0.25, 0.3) is 0 Å². The number of carbonyl (C=O) groups excluding carboxylic acids is 2. The standard InChI is InChI=1S/C12H22N2O5S/c1-4-5-8(2)13-11(16)7-20(19)6-10(12(17)18)14-9(3)15/h8,10H,4-7H2,1-3H3,(H,13,16)(H,14,15)(H,17,18). The van der Waals surface area contributed by atoms with E-state index < -0.39 is 28.7 Å². The second kappa shape index (κ2) is 9.46. The Labute approximate surface area is 121 Å². The normalized spacial score (nSPS) is 14.9. The molecule has 0 aliphatic rings. The lowest BCUT2D eigenvalue weighted by atomic mass is 10.2. The molecular weight excluding hydrogens is 284 g/mol. The zero-order valence-corrected chi connectivity index (χ0v) is 12.8. The summed E-state index contributed by atoms with van der Waals surface area (Å²) in [5.41, 5.74) is 0. The molecule has 3 unspecified atom stereocenters. The Morgan fingerprint density at radius 1 is 1.25 bits per heavy atom. The van der Waals surface area contributed by atoms with Crippen molar-refractivity contribution in [3.63, 3.8) is 0 Å². The van der Waals surface area contributed by atoms with Crippen LogP contribution in [0.2, 0.25) is 0 Å². The van der Waals surface area contributed by atoms with Gasteiger partial charge >= 0.3 is 5.97 Å². The highest BCUT2D eigenvalue weighted by Crippen LogP contribution is 1.96. The van der Waals surface area contributed by atoms with Gasteiger partial charge in [-0.2, -0.15) is 0 Å². The molecule has 0 fully saturated rings. The Balaban J connectivity index is 4.28. The van der Waals surface area contributed by atoms with E-state index in [0.717, 1.165) is 12.8 Å². The summed E-state index contributed by atoms with van der Waals surface area (Å²) >= 11 is 0. The number of rotatable bonds is 9. The SMILES string of the molecule is CCCC(C)NC(=O)CS(=O)CC(NC(C)=O)C(=O)O. The minimum Gasteiger partial charge on any atom is -0.480 e. The van der Waals surface area contributed by atoms with Gasteiger partial charge in [-0.25, -0.2) is 4.79 Å². The van der Waals surface area contributed by atoms with Crippen LogP contribution >= 0.6 is 0 Å². The monoisotopic (exact) mass is 306 g/mol. The maximum Gasteiger partial charge on any atom is 0.327 e. The maximum absolute atomic E-state index is 11.7. The Bertz CT molecular complexity index is 386. The van der Waals surface area contributed by atoms with Gasteiger partial charge in [-0.1, -0.05) is 13.3 Å². The first-order chi connectivity index (χ1) is 9.26. The minimum atomic E-state index is -1.65. The molecule has 20 heavy (non-hydrogen) atoms. The van der Waals surface area contributed by atoms with Crippen molar-refractivity contribution in [2.45, 2.75) is 45.7 Å². The number of hydrogen-bond acceptors (Lipinski definition) is 4. The summed E-state index contributed by atoms with van der Waals surface area (Å²) in [6.45, 7) is 5.02. The highest BCUT2D eigenvalue weighted by molar-refractivity contribution is 7.85. The van der Waals surface area contributed by atoms with Crippen LogP contribution in [0, 0.1) is 0 Å². The molecular formula is C12H22N2O5S. The van der Waals surface area contributed by atoms with Crippen LogP contribution < -0.4 is 10.6 Å². The van der Waals surface area contributed by atoms with Gasteiger partial charge in [-0.15, -0.1) is 0 Å². The molecule has 0 rings (SSSR count). The van der Waals surface area contributed by atoms with Crippen LogP contribution in [0.15, 0.2) is 0 Å². The Morgan fingerprint density at radius 2 is 1.85 bits per heavy atom. The predicted molar refractivity (Wildman–Crippen MR) is 75.6 cm³/mol. The Hall–Kier alpha value is -1.44. The zero-order valence-electron chi connectivity index (χ0n) is 12.0. The molecule has 3 N–H and O–H groups in total. The van der Waals surface area contributed by atoms with Crippen molar-refractivity contribution in [2.75, 3.05) is 11.5 Å². The quantitative estimate of drug-likeness (QED) is 0.538. The first-order valence-corrected chi connectivity index (χ1v) is 7.89. The molecule has 116 valence electrons. The van der Waals surface area contributed by atoms with Crippen molar-refractivity contribution in [3.8, 4) is 0 Å². The van der Waals surface area contributed by atoms with Crippen LogP contribution in [0.25, 0.3) is 0 Å². The molecule has 0 aromatic rings. The van der Waals surface area contributed by atoms with E-state index in [4.69, 9.17) is 5.11 Å². The predicted octanol–water partition coefficient (Wildman–Crippen LogP) is -0.371. The van der Waals surface area contributed by atoms with Gasteiger partial charge in [0.1, 0.15) is 11.8 Å². The van der Waals surface area contributed by atoms with Crippen LogP contribution in [0.4, 0.5) is 0 Å². The van der Waals surface area contributed by atoms with Crippen molar-refractivity contribution < 1.29 is 23.7 Å². The number of amides is 2. The molecule has 0 heterocycles. The second-order valence-electron chi connectivity index (χ2n) is 4.60. The summed E-state index contributed by atoms with van der Waals surface area (Å²) in [5.74, 6) is -2.72. The van der Waals surface area contributed by atoms with Crippen molar-refractivity contribution in [1.82, 2.24) is 10.6 Å². The van der Waals surface area contributed by atoms with Gasteiger partial charge in [0.2, 0.25) is 11.8 Å². The molecule has 0 aromatic heterocycles. The third-order valence-electron chi connectivity index (χ3n) is 2.45. The summed E-state index contributed by atoms with van der Waals surface area (Å²) in [7, 11) is -1.65. The molecule has 7 nitrogen and oxygen atoms in total. The summed E-state index contributed by atoms with van der Waals surface area (Å²) in [4.78, 5) is 33.3. The van der Waals surface area contributed by atoms with E-state index >= 15 is 0 Å². The van der Waals surface area contributed by atoms with E-state index in [-0.39, 0.29) is 23.5 Å². The summed E-state index contributed by atoms with van der Waals surface area (Å²) in [5, 5.41) is 13.7. The van der Waals surface area contributed by atoms with Crippen molar-refractivity contribution in [3.05, 3.63) is 0 Å². The van der Waals surface area contributed by atoms with Gasteiger partial charge in [0.15, 0.2) is 0 Å². The van der Waals surface area contributed by atoms with Crippen LogP contribution in [-0.2, 0) is 25.2 Å². The largest absolute Gasteiger partial charge is 0.480 e. The fourth-order valence-corrected chi connectivity index (χ4v) is 2.72. The number of carbonyl (C=O) groups is 3. The fourth-order valence-electron chi connectivity index (χ4n) is 1.63. The zero-order chi connectivity index (χ0) is 15.7. The molecule has 8 heteroatoms. The molecule has 0 aromatic carbocycles. The molecule has 0 saturated heterocycles. The Kier molecular flexibility index (Phi) is 8.78. The Morgan fingerprint density at radius 3 is 2.30 bits per heavy atom. The van der Waals surface area contributed by atoms with E-state index in [9.17, 15) is 18.6 Å². The number of carboxylic acids is 1. The van der Waals surface area contributed by atoms with Crippen molar-refractivity contribution >= 4 is 28.6 Å². The maximum atomic E-state index is 11.7. The number of carboxylic acid groups (broad SMARTS) is 1. The molecule has 0 saturated carbocycles. The van der Waals surface area contributed by atoms with Gasteiger partial charge < -0.3 is 15.7 Å². The van der Waals surface area contributed by atoms with Gasteiger partial charge in [0, 0.05) is 23.8 Å². The van der Waals surface area contributed by atoms with E-state index in [1.165, 1.54) is 6.92 Å². The summed E-state index contributed by atoms with van der Waals surface area (Å²) in [6.07, 6.45) is 1.75. The van der Waals surface area contributed by atoms with Crippen molar-refractivity contribution in [1.29, 1.82) is 0 Å². The van der Waals surface area contributed by atoms with Gasteiger partial charge in [-0.05, 0) is 13.3 Å². The lowest BCUT2D eigenvalue weighted by Crippen LogP contribution is -2.45. The average Bonchev–Trinajstić information content (AvgIpc) is 2.26. The third-order valence-corrected chi connectivity index (χ3v) is 3.74. The fraction of sp³-hybridized carbons (Fsp3) is 0.750. The molecule has 0 aliphatic heterocycles. The second-order valence-corrected chi connectivity index (χ2v) is 6.10. The van der Waals surface area contributed by atoms with Gasteiger partial charge in [0.05, 0.1) is 5.75 Å². The topological polar surface area (TPSA) is 113 Å². The molecule has 0 spiro atoms. The van der Waals surface area contributed by atoms with E-state index in [2.05, 4.69) is 10.6 Å². The molecule has 3 atom stereocenters. The summed E-state index contributed by atoms with van der Waals surface area (Å²) in [6, 6.07) is -1.25. The van der Waals surface area contributed by atoms with Crippen LogP contribution in [0.1, 0.15) is 33.6 Å². The highest BCUT2D eigenvalue weighted by atomic mass is 32.2.